The van der Waals surface area contributed by atoms with Crippen LogP contribution < -0.4 is 10.2 Å². The summed E-state index contributed by atoms with van der Waals surface area (Å²) in [5.41, 5.74) is 3.05. The summed E-state index contributed by atoms with van der Waals surface area (Å²) in [5.74, 6) is 0.786. The first-order chi connectivity index (χ1) is 21.2. The first-order valence-corrected chi connectivity index (χ1v) is 17.6. The summed E-state index contributed by atoms with van der Waals surface area (Å²) in [6, 6.07) is 8.30. The number of amides is 3. The average Bonchev–Trinajstić information content (AvgIpc) is 3.33. The molecule has 3 aromatic rings. The third kappa shape index (κ3) is 5.60. The van der Waals surface area contributed by atoms with Crippen LogP contribution in [0.2, 0.25) is 0 Å². The number of thiophene rings is 1. The molecule has 1 saturated carbocycles. The number of nitrogens with zero attached hydrogens (tertiary/aromatic N) is 4. The summed E-state index contributed by atoms with van der Waals surface area (Å²) in [4.78, 5) is 70.9. The van der Waals surface area contributed by atoms with E-state index in [9.17, 15) is 24.2 Å². The van der Waals surface area contributed by atoms with Gasteiger partial charge in [0, 0.05) is 73.7 Å². The van der Waals surface area contributed by atoms with Gasteiger partial charge in [-0.3, -0.25) is 19.4 Å². The number of benzene rings is 1. The Morgan fingerprint density at radius 3 is 2.66 bits per heavy atom. The molecule has 232 valence electrons. The Labute approximate surface area is 262 Å². The quantitative estimate of drug-likeness (QED) is 0.339. The van der Waals surface area contributed by atoms with E-state index in [2.05, 4.69) is 15.2 Å². The van der Waals surface area contributed by atoms with Gasteiger partial charge in [0.15, 0.2) is 8.38 Å². The fourth-order valence-corrected chi connectivity index (χ4v) is 8.98. The SMILES string of the molecule is CN(C)c1ccncc1C1CN(C(=O)[C@@H]2CC[C@@H]3C[C@@H]4CC4C[C@H](NC(=O)c4cc5cc(CP(O)O)ccc5s4)C(=O)N32)C1. The van der Waals surface area contributed by atoms with Gasteiger partial charge in [-0.1, -0.05) is 6.07 Å². The fraction of sp³-hybridized carbons (Fsp3) is 0.500. The van der Waals surface area contributed by atoms with Crippen molar-refractivity contribution in [3.8, 4) is 0 Å². The van der Waals surface area contributed by atoms with Crippen LogP contribution in [0.5, 0.6) is 0 Å². The van der Waals surface area contributed by atoms with E-state index in [0.717, 1.165) is 46.2 Å². The van der Waals surface area contributed by atoms with Gasteiger partial charge in [-0.2, -0.15) is 0 Å². The second-order valence-corrected chi connectivity index (χ2v) is 15.2. The van der Waals surface area contributed by atoms with Crippen LogP contribution in [-0.4, -0.2) is 87.6 Å². The van der Waals surface area contributed by atoms with E-state index in [1.165, 1.54) is 11.3 Å². The van der Waals surface area contributed by atoms with Crippen molar-refractivity contribution in [2.75, 3.05) is 32.1 Å². The van der Waals surface area contributed by atoms with E-state index >= 15 is 0 Å². The summed E-state index contributed by atoms with van der Waals surface area (Å²) in [5, 5.41) is 3.92. The molecule has 1 unspecified atom stereocenters. The lowest BCUT2D eigenvalue weighted by atomic mass is 9.90. The fourth-order valence-electron chi connectivity index (χ4n) is 7.51. The zero-order chi connectivity index (χ0) is 30.7. The normalized spacial score (nSPS) is 26.6. The first kappa shape index (κ1) is 29.6. The highest BCUT2D eigenvalue weighted by Gasteiger charge is 2.52. The molecule has 3 N–H and O–H groups in total. The molecule has 44 heavy (non-hydrogen) atoms. The maximum Gasteiger partial charge on any atom is 0.262 e. The number of pyridine rings is 1. The number of fused-ring (bicyclic) bond motifs is 3. The summed E-state index contributed by atoms with van der Waals surface area (Å²) in [6.45, 7) is 1.23. The van der Waals surface area contributed by atoms with Crippen molar-refractivity contribution in [3.05, 3.63) is 58.7 Å². The Morgan fingerprint density at radius 2 is 1.89 bits per heavy atom. The van der Waals surface area contributed by atoms with Gasteiger partial charge in [-0.15, -0.1) is 11.3 Å². The maximum absolute atomic E-state index is 14.2. The van der Waals surface area contributed by atoms with Gasteiger partial charge < -0.3 is 29.8 Å². The van der Waals surface area contributed by atoms with Gasteiger partial charge in [0.25, 0.3) is 5.91 Å². The zero-order valence-corrected chi connectivity index (χ0v) is 26.6. The number of aromatic nitrogens is 1. The Morgan fingerprint density at radius 1 is 1.09 bits per heavy atom. The highest BCUT2D eigenvalue weighted by Crippen LogP contribution is 2.49. The Balaban J connectivity index is 1.06. The first-order valence-electron chi connectivity index (χ1n) is 15.4. The van der Waals surface area contributed by atoms with Gasteiger partial charge in [0.05, 0.1) is 4.88 Å². The van der Waals surface area contributed by atoms with Crippen LogP contribution >= 0.6 is 19.7 Å². The van der Waals surface area contributed by atoms with E-state index in [-0.39, 0.29) is 35.8 Å². The van der Waals surface area contributed by atoms with Crippen LogP contribution in [0.3, 0.4) is 0 Å². The van der Waals surface area contributed by atoms with Crippen LogP contribution in [0, 0.1) is 11.8 Å². The number of hydrogen-bond donors (Lipinski definition) is 3. The predicted octanol–water partition coefficient (Wildman–Crippen LogP) is 3.67. The van der Waals surface area contributed by atoms with Gasteiger partial charge in [0.1, 0.15) is 12.1 Å². The monoisotopic (exact) mass is 635 g/mol. The van der Waals surface area contributed by atoms with E-state index in [1.54, 1.807) is 12.3 Å². The highest BCUT2D eigenvalue weighted by atomic mass is 32.1. The summed E-state index contributed by atoms with van der Waals surface area (Å²) in [7, 11) is 1.98. The smallest absolute Gasteiger partial charge is 0.262 e. The molecule has 2 aromatic heterocycles. The highest BCUT2D eigenvalue weighted by molar-refractivity contribution is 7.44. The van der Waals surface area contributed by atoms with Crippen LogP contribution in [0.4, 0.5) is 5.69 Å². The summed E-state index contributed by atoms with van der Waals surface area (Å²) in [6.07, 6.45) is 7.95. The molecule has 1 aliphatic carbocycles. The van der Waals surface area contributed by atoms with E-state index in [4.69, 9.17) is 0 Å². The number of carbonyl (C=O) groups excluding carboxylic acids is 3. The molecule has 10 nitrogen and oxygen atoms in total. The van der Waals surface area contributed by atoms with Crippen molar-refractivity contribution in [2.24, 2.45) is 11.8 Å². The average molecular weight is 636 g/mol. The minimum Gasteiger partial charge on any atom is -0.377 e. The molecular formula is C32H38N5O5PS. The Kier molecular flexibility index (Phi) is 7.85. The van der Waals surface area contributed by atoms with Crippen molar-refractivity contribution >= 4 is 53.2 Å². The van der Waals surface area contributed by atoms with Crippen molar-refractivity contribution in [1.29, 1.82) is 0 Å². The van der Waals surface area contributed by atoms with Crippen LogP contribution in [-0.2, 0) is 15.8 Å². The third-order valence-corrected chi connectivity index (χ3v) is 11.7. The number of carbonyl (C=O) groups is 3. The standard InChI is InChI=1S/C32H38N5O5PS/c1-35(2)26-7-8-33-14-24(26)22-15-36(16-22)32(40)27-5-4-23-11-19-10-20(19)12-25(31(39)37(23)27)34-30(38)29-13-21-9-18(17-43(41)42)3-6-28(21)44-29/h3,6-9,13-14,19-20,22-23,25,27,41-42H,4-5,10-12,15-17H2,1-2H3,(H,34,38)/t19-,20?,23+,25-,27-/m0/s1. The third-order valence-electron chi connectivity index (χ3n) is 9.90. The van der Waals surface area contributed by atoms with E-state index in [1.807, 2.05) is 54.4 Å². The molecule has 4 aliphatic rings. The van der Waals surface area contributed by atoms with Gasteiger partial charge in [-0.05, 0) is 79.2 Å². The minimum absolute atomic E-state index is 0.0140. The second-order valence-electron chi connectivity index (χ2n) is 13.0. The lowest BCUT2D eigenvalue weighted by Crippen LogP contribution is -2.59. The molecule has 7 rings (SSSR count). The van der Waals surface area contributed by atoms with Gasteiger partial charge >= 0.3 is 0 Å². The van der Waals surface area contributed by atoms with Crippen molar-refractivity contribution < 1.29 is 24.2 Å². The topological polar surface area (TPSA) is 126 Å². The predicted molar refractivity (Wildman–Crippen MR) is 171 cm³/mol. The number of nitrogens with one attached hydrogen (secondary N) is 1. The zero-order valence-electron chi connectivity index (χ0n) is 24.9. The Hall–Kier alpha value is -3.11. The molecular weight excluding hydrogens is 597 g/mol. The molecule has 0 bridgehead atoms. The molecule has 3 amide bonds. The van der Waals surface area contributed by atoms with E-state index in [0.29, 0.717) is 42.6 Å². The molecule has 1 aromatic carbocycles. The van der Waals surface area contributed by atoms with Crippen molar-refractivity contribution in [3.63, 3.8) is 0 Å². The molecule has 0 radical (unpaired) electrons. The molecule has 5 heterocycles. The second kappa shape index (κ2) is 11.7. The van der Waals surface area contributed by atoms with Crippen LogP contribution in [0.15, 0.2) is 42.7 Å². The van der Waals surface area contributed by atoms with Gasteiger partial charge in [-0.25, -0.2) is 0 Å². The number of hydrogen-bond acceptors (Lipinski definition) is 8. The molecule has 12 heteroatoms. The molecule has 0 spiro atoms. The largest absolute Gasteiger partial charge is 0.377 e. The maximum atomic E-state index is 14.2. The van der Waals surface area contributed by atoms with Crippen molar-refractivity contribution in [2.45, 2.75) is 62.3 Å². The Bertz CT molecular complexity index is 1610. The summed E-state index contributed by atoms with van der Waals surface area (Å²) < 4.78 is 0.924. The lowest BCUT2D eigenvalue weighted by Gasteiger charge is -2.44. The number of rotatable bonds is 7. The summed E-state index contributed by atoms with van der Waals surface area (Å²) >= 11 is 1.36. The lowest BCUT2D eigenvalue weighted by molar-refractivity contribution is -0.149. The minimum atomic E-state index is -2.04. The number of anilines is 1. The van der Waals surface area contributed by atoms with Crippen molar-refractivity contribution in [1.82, 2.24) is 20.1 Å². The molecule has 3 saturated heterocycles. The van der Waals surface area contributed by atoms with Crippen LogP contribution in [0.1, 0.15) is 58.8 Å². The molecule has 4 fully saturated rings. The van der Waals surface area contributed by atoms with Crippen LogP contribution in [0.25, 0.3) is 10.1 Å². The number of likely N-dealkylation sites (tertiary alicyclic amines) is 1. The molecule has 3 aliphatic heterocycles. The molecule has 5 atom stereocenters. The van der Waals surface area contributed by atoms with Gasteiger partial charge in [0.2, 0.25) is 11.8 Å². The van der Waals surface area contributed by atoms with E-state index < -0.39 is 20.5 Å².